The number of hydrogen-bond acceptors (Lipinski definition) is 6. The minimum atomic E-state index is 0.0535. The average Bonchev–Trinajstić information content (AvgIpc) is 2.58. The molecule has 128 valence electrons. The van der Waals surface area contributed by atoms with E-state index in [1.54, 1.807) is 19.5 Å². The Bertz CT molecular complexity index is 693. The largest absolute Gasteiger partial charge is 0.382 e. The fourth-order valence-corrected chi connectivity index (χ4v) is 3.05. The molecular weight excluding hydrogens is 304 g/mol. The third-order valence-corrected chi connectivity index (χ3v) is 4.28. The quantitative estimate of drug-likeness (QED) is 0.859. The molecule has 0 amide bonds. The normalized spacial score (nSPS) is 21.1. The molecule has 0 radical (unpaired) electrons. The maximum atomic E-state index is 5.95. The van der Waals surface area contributed by atoms with Crippen LogP contribution in [0.2, 0.25) is 0 Å². The first-order valence-electron chi connectivity index (χ1n) is 8.23. The number of hydrogen-bond donors (Lipinski definition) is 0. The predicted molar refractivity (Wildman–Crippen MR) is 93.2 cm³/mol. The first-order chi connectivity index (χ1) is 11.6. The smallest absolute Gasteiger partial charge is 0.161 e. The second-order valence-corrected chi connectivity index (χ2v) is 6.25. The summed E-state index contributed by atoms with van der Waals surface area (Å²) < 4.78 is 11.2. The Morgan fingerprint density at radius 3 is 2.67 bits per heavy atom. The van der Waals surface area contributed by atoms with Crippen LogP contribution in [0.15, 0.2) is 24.5 Å². The molecule has 0 bridgehead atoms. The van der Waals surface area contributed by atoms with E-state index < -0.39 is 0 Å². The van der Waals surface area contributed by atoms with Crippen LogP contribution in [0.25, 0.3) is 11.4 Å². The SMILES string of the molecule is COCC1CN(c2nc(-c3ccncc3)nc(C)c2C)CC(C)O1. The van der Waals surface area contributed by atoms with Crippen LogP contribution in [0, 0.1) is 13.8 Å². The lowest BCUT2D eigenvalue weighted by molar-refractivity contribution is -0.0513. The predicted octanol–water partition coefficient (Wildman–Crippen LogP) is 2.40. The van der Waals surface area contributed by atoms with Crippen molar-refractivity contribution < 1.29 is 9.47 Å². The molecule has 2 aromatic heterocycles. The van der Waals surface area contributed by atoms with E-state index in [1.807, 2.05) is 19.1 Å². The molecule has 2 atom stereocenters. The molecule has 3 heterocycles. The molecule has 1 aliphatic rings. The van der Waals surface area contributed by atoms with Gasteiger partial charge in [-0.1, -0.05) is 0 Å². The van der Waals surface area contributed by atoms with Crippen LogP contribution in [0.3, 0.4) is 0 Å². The van der Waals surface area contributed by atoms with E-state index in [1.165, 1.54) is 0 Å². The van der Waals surface area contributed by atoms with Gasteiger partial charge in [0.15, 0.2) is 5.82 Å². The number of nitrogens with zero attached hydrogens (tertiary/aromatic N) is 4. The fourth-order valence-electron chi connectivity index (χ4n) is 3.05. The Labute approximate surface area is 142 Å². The molecule has 0 aromatic carbocycles. The first-order valence-corrected chi connectivity index (χ1v) is 8.23. The molecule has 3 rings (SSSR count). The van der Waals surface area contributed by atoms with Gasteiger partial charge in [-0.25, -0.2) is 9.97 Å². The van der Waals surface area contributed by atoms with Crippen LogP contribution in [0.4, 0.5) is 5.82 Å². The van der Waals surface area contributed by atoms with Crippen LogP contribution in [-0.4, -0.2) is 54.0 Å². The molecule has 0 saturated carbocycles. The van der Waals surface area contributed by atoms with Gasteiger partial charge in [0.2, 0.25) is 0 Å². The minimum Gasteiger partial charge on any atom is -0.382 e. The van der Waals surface area contributed by atoms with E-state index in [-0.39, 0.29) is 12.2 Å². The highest BCUT2D eigenvalue weighted by Gasteiger charge is 2.28. The highest BCUT2D eigenvalue weighted by atomic mass is 16.5. The van der Waals surface area contributed by atoms with Crippen molar-refractivity contribution in [3.63, 3.8) is 0 Å². The number of rotatable bonds is 4. The molecule has 1 aliphatic heterocycles. The molecule has 6 nitrogen and oxygen atoms in total. The summed E-state index contributed by atoms with van der Waals surface area (Å²) in [7, 11) is 1.70. The molecule has 6 heteroatoms. The molecule has 2 aromatic rings. The highest BCUT2D eigenvalue weighted by molar-refractivity contribution is 5.60. The van der Waals surface area contributed by atoms with Gasteiger partial charge in [0.05, 0.1) is 18.8 Å². The summed E-state index contributed by atoms with van der Waals surface area (Å²) in [6, 6.07) is 3.87. The standard InChI is InChI=1S/C18H24N4O2/c1-12-9-22(10-16(24-12)11-23-4)18-13(2)14(3)20-17(21-18)15-5-7-19-8-6-15/h5-8,12,16H,9-11H2,1-4H3. The van der Waals surface area contributed by atoms with E-state index in [0.717, 1.165) is 41.6 Å². The van der Waals surface area contributed by atoms with E-state index in [2.05, 4.69) is 28.7 Å². The molecule has 1 saturated heterocycles. The summed E-state index contributed by atoms with van der Waals surface area (Å²) in [5, 5.41) is 0. The van der Waals surface area contributed by atoms with E-state index in [4.69, 9.17) is 14.5 Å². The summed E-state index contributed by atoms with van der Waals surface area (Å²) >= 11 is 0. The zero-order valence-electron chi connectivity index (χ0n) is 14.7. The first kappa shape index (κ1) is 16.8. The van der Waals surface area contributed by atoms with Gasteiger partial charge >= 0.3 is 0 Å². The van der Waals surface area contributed by atoms with Crippen molar-refractivity contribution in [2.45, 2.75) is 33.0 Å². The molecular formula is C18H24N4O2. The van der Waals surface area contributed by atoms with Gasteiger partial charge in [-0.3, -0.25) is 4.98 Å². The summed E-state index contributed by atoms with van der Waals surface area (Å²) in [6.07, 6.45) is 3.72. The van der Waals surface area contributed by atoms with Crippen molar-refractivity contribution in [2.75, 3.05) is 31.7 Å². The van der Waals surface area contributed by atoms with Crippen molar-refractivity contribution in [3.8, 4) is 11.4 Å². The van der Waals surface area contributed by atoms with Crippen LogP contribution >= 0.6 is 0 Å². The average molecular weight is 328 g/mol. The summed E-state index contributed by atoms with van der Waals surface area (Å²) in [4.78, 5) is 15.8. The van der Waals surface area contributed by atoms with E-state index in [0.29, 0.717) is 6.61 Å². The Hall–Kier alpha value is -2.05. The van der Waals surface area contributed by atoms with Crippen LogP contribution < -0.4 is 4.90 Å². The van der Waals surface area contributed by atoms with Crippen LogP contribution in [0.5, 0.6) is 0 Å². The number of pyridine rings is 1. The molecule has 1 fully saturated rings. The second kappa shape index (κ2) is 7.23. The molecule has 0 spiro atoms. The van der Waals surface area contributed by atoms with Crippen molar-refractivity contribution in [3.05, 3.63) is 35.8 Å². The number of anilines is 1. The number of morpholine rings is 1. The lowest BCUT2D eigenvalue weighted by Gasteiger charge is -2.38. The van der Waals surface area contributed by atoms with E-state index in [9.17, 15) is 0 Å². The lowest BCUT2D eigenvalue weighted by Crippen LogP contribution is -2.49. The Morgan fingerprint density at radius 1 is 1.21 bits per heavy atom. The Balaban J connectivity index is 1.96. The molecule has 0 N–H and O–H groups in total. The number of ether oxygens (including phenoxy) is 2. The monoisotopic (exact) mass is 328 g/mol. The van der Waals surface area contributed by atoms with Crippen molar-refractivity contribution in [2.24, 2.45) is 0 Å². The van der Waals surface area contributed by atoms with Gasteiger partial charge in [-0.2, -0.15) is 0 Å². The summed E-state index contributed by atoms with van der Waals surface area (Å²) in [5.74, 6) is 1.71. The Kier molecular flexibility index (Phi) is 5.06. The number of aryl methyl sites for hydroxylation is 1. The van der Waals surface area contributed by atoms with Crippen LogP contribution in [-0.2, 0) is 9.47 Å². The van der Waals surface area contributed by atoms with Gasteiger partial charge in [0.25, 0.3) is 0 Å². The minimum absolute atomic E-state index is 0.0535. The van der Waals surface area contributed by atoms with Crippen molar-refractivity contribution >= 4 is 5.82 Å². The van der Waals surface area contributed by atoms with Crippen molar-refractivity contribution in [1.82, 2.24) is 15.0 Å². The fraction of sp³-hybridized carbons (Fsp3) is 0.500. The molecule has 24 heavy (non-hydrogen) atoms. The highest BCUT2D eigenvalue weighted by Crippen LogP contribution is 2.26. The van der Waals surface area contributed by atoms with Gasteiger partial charge in [0.1, 0.15) is 5.82 Å². The van der Waals surface area contributed by atoms with Gasteiger partial charge in [-0.15, -0.1) is 0 Å². The summed E-state index contributed by atoms with van der Waals surface area (Å²) in [6.45, 7) is 8.36. The molecule has 2 unspecified atom stereocenters. The number of aromatic nitrogens is 3. The van der Waals surface area contributed by atoms with Gasteiger partial charge in [0, 0.05) is 49.4 Å². The maximum Gasteiger partial charge on any atom is 0.161 e. The third kappa shape index (κ3) is 3.55. The lowest BCUT2D eigenvalue weighted by atomic mass is 10.1. The Morgan fingerprint density at radius 2 is 1.96 bits per heavy atom. The van der Waals surface area contributed by atoms with E-state index >= 15 is 0 Å². The summed E-state index contributed by atoms with van der Waals surface area (Å²) in [5.41, 5.74) is 3.08. The zero-order chi connectivity index (χ0) is 17.1. The van der Waals surface area contributed by atoms with Gasteiger partial charge in [-0.05, 0) is 32.9 Å². The zero-order valence-corrected chi connectivity index (χ0v) is 14.7. The van der Waals surface area contributed by atoms with Crippen molar-refractivity contribution in [1.29, 1.82) is 0 Å². The number of methoxy groups -OCH3 is 1. The van der Waals surface area contributed by atoms with Crippen LogP contribution in [0.1, 0.15) is 18.2 Å². The molecule has 0 aliphatic carbocycles. The van der Waals surface area contributed by atoms with Gasteiger partial charge < -0.3 is 14.4 Å². The second-order valence-electron chi connectivity index (χ2n) is 6.25. The third-order valence-electron chi connectivity index (χ3n) is 4.28. The topological polar surface area (TPSA) is 60.4 Å². The maximum absolute atomic E-state index is 5.95.